The van der Waals surface area contributed by atoms with Crippen LogP contribution in [0.15, 0.2) is 65.4 Å². The number of hydrogen-bond donors (Lipinski definition) is 4. The first-order valence-corrected chi connectivity index (χ1v) is 14.4. The molecule has 0 fully saturated rings. The zero-order valence-corrected chi connectivity index (χ0v) is 25.2. The normalized spacial score (nSPS) is 12.5. The van der Waals surface area contributed by atoms with Crippen LogP contribution in [0.4, 0.5) is 17.3 Å². The molecule has 0 saturated carbocycles. The Morgan fingerprint density at radius 3 is 2.40 bits per heavy atom. The van der Waals surface area contributed by atoms with E-state index in [-0.39, 0.29) is 5.41 Å². The average molecular weight is 586 g/mol. The van der Waals surface area contributed by atoms with Crippen molar-refractivity contribution in [1.29, 1.82) is 0 Å². The number of nitrogens with zero attached hydrogens (tertiary/aromatic N) is 6. The molecule has 5 rings (SSSR count). The molecule has 3 heterocycles. The van der Waals surface area contributed by atoms with Crippen molar-refractivity contribution in [1.82, 2.24) is 29.8 Å². The van der Waals surface area contributed by atoms with Gasteiger partial charge in [0.2, 0.25) is 6.35 Å². The molecule has 0 bridgehead atoms. The molecular weight excluding hydrogens is 546 g/mol. The molecule has 3 aromatic heterocycles. The number of ether oxygens (including phenoxy) is 1. The molecule has 226 valence electrons. The highest BCUT2D eigenvalue weighted by molar-refractivity contribution is 5.99. The molecule has 0 saturated heterocycles. The predicted molar refractivity (Wildman–Crippen MR) is 168 cm³/mol. The van der Waals surface area contributed by atoms with Gasteiger partial charge in [-0.1, -0.05) is 39.8 Å². The summed E-state index contributed by atoms with van der Waals surface area (Å²) in [5, 5.41) is 25.9. The van der Waals surface area contributed by atoms with Crippen LogP contribution in [0.5, 0.6) is 5.75 Å². The highest BCUT2D eigenvalue weighted by Crippen LogP contribution is 2.33. The van der Waals surface area contributed by atoms with Crippen molar-refractivity contribution in [3.63, 3.8) is 0 Å². The quantitative estimate of drug-likeness (QED) is 0.148. The Morgan fingerprint density at radius 2 is 1.74 bits per heavy atom. The van der Waals surface area contributed by atoms with Crippen molar-refractivity contribution >= 4 is 28.4 Å². The SMILES string of the molecule is CCN(CC)CCOc1ccc(-c2nn(-c3ccc(NC(O)Nc4cc(C(C)(C)C)on4)cc3)c3ncnc(N)c23)cc1. The highest BCUT2D eigenvalue weighted by atomic mass is 16.5. The summed E-state index contributed by atoms with van der Waals surface area (Å²) in [4.78, 5) is 11.0. The third-order valence-corrected chi connectivity index (χ3v) is 7.14. The van der Waals surface area contributed by atoms with Crippen LogP contribution in [0.1, 0.15) is 40.4 Å². The molecule has 2 aromatic carbocycles. The number of hydrogen-bond acceptors (Lipinski definition) is 11. The fourth-order valence-corrected chi connectivity index (χ4v) is 4.63. The summed E-state index contributed by atoms with van der Waals surface area (Å²) in [6.45, 7) is 13.9. The van der Waals surface area contributed by atoms with Gasteiger partial charge in [-0.05, 0) is 61.6 Å². The molecule has 0 spiro atoms. The van der Waals surface area contributed by atoms with E-state index < -0.39 is 6.35 Å². The predicted octanol–water partition coefficient (Wildman–Crippen LogP) is 4.87. The second-order valence-electron chi connectivity index (χ2n) is 11.2. The van der Waals surface area contributed by atoms with Crippen LogP contribution in [0.3, 0.4) is 0 Å². The van der Waals surface area contributed by atoms with Crippen molar-refractivity contribution < 1.29 is 14.4 Å². The van der Waals surface area contributed by atoms with Crippen molar-refractivity contribution in [2.45, 2.75) is 46.4 Å². The Labute approximate surface area is 250 Å². The summed E-state index contributed by atoms with van der Waals surface area (Å²) in [7, 11) is 0. The standard InChI is InChI=1S/C31H39N9O3/c1-6-39(7-2)16-17-42-23-14-8-20(9-15-23)27-26-28(32)33-19-34-29(26)40(37-27)22-12-10-21(11-13-22)35-30(41)36-25-18-24(43-38-25)31(3,4)5/h8-15,18-19,30,35,41H,6-7,16-17H2,1-5H3,(H,36,38)(H2,32,33,34). The van der Waals surface area contributed by atoms with Gasteiger partial charge < -0.3 is 35.6 Å². The molecule has 1 unspecified atom stereocenters. The third kappa shape index (κ3) is 6.87. The number of nitrogens with one attached hydrogen (secondary N) is 2. The van der Waals surface area contributed by atoms with E-state index in [9.17, 15) is 5.11 Å². The van der Waals surface area contributed by atoms with Gasteiger partial charge >= 0.3 is 0 Å². The fraction of sp³-hybridized carbons (Fsp3) is 0.355. The Kier molecular flexibility index (Phi) is 8.78. The van der Waals surface area contributed by atoms with Gasteiger partial charge in [0.25, 0.3) is 0 Å². The van der Waals surface area contributed by atoms with Gasteiger partial charge in [-0.3, -0.25) is 0 Å². The maximum atomic E-state index is 10.5. The average Bonchev–Trinajstić information content (AvgIpc) is 3.62. The van der Waals surface area contributed by atoms with E-state index in [1.165, 1.54) is 6.33 Å². The van der Waals surface area contributed by atoms with Crippen LogP contribution in [-0.2, 0) is 5.41 Å². The summed E-state index contributed by atoms with van der Waals surface area (Å²) in [5.41, 5.74) is 9.72. The van der Waals surface area contributed by atoms with Crippen molar-refractivity contribution in [2.24, 2.45) is 0 Å². The molecule has 1 atom stereocenters. The van der Waals surface area contributed by atoms with Crippen molar-refractivity contribution in [3.05, 3.63) is 66.7 Å². The summed E-state index contributed by atoms with van der Waals surface area (Å²) in [6.07, 6.45) is 0.344. The van der Waals surface area contributed by atoms with Gasteiger partial charge in [-0.25, -0.2) is 14.6 Å². The molecule has 0 aliphatic heterocycles. The zero-order valence-electron chi connectivity index (χ0n) is 25.2. The zero-order chi connectivity index (χ0) is 30.6. The monoisotopic (exact) mass is 585 g/mol. The maximum absolute atomic E-state index is 10.5. The lowest BCUT2D eigenvalue weighted by atomic mass is 9.93. The van der Waals surface area contributed by atoms with Crippen LogP contribution >= 0.6 is 0 Å². The summed E-state index contributed by atoms with van der Waals surface area (Å²) in [5.74, 6) is 2.30. The van der Waals surface area contributed by atoms with Gasteiger partial charge in [0.15, 0.2) is 11.5 Å². The number of rotatable bonds is 12. The molecule has 12 heteroatoms. The van der Waals surface area contributed by atoms with E-state index in [1.54, 1.807) is 10.7 Å². The number of aliphatic hydroxyl groups excluding tert-OH is 1. The van der Waals surface area contributed by atoms with Crippen molar-refractivity contribution in [2.75, 3.05) is 42.6 Å². The second-order valence-corrected chi connectivity index (χ2v) is 11.2. The first kappa shape index (κ1) is 29.8. The third-order valence-electron chi connectivity index (χ3n) is 7.14. The number of nitrogen functional groups attached to an aromatic ring is 1. The van der Waals surface area contributed by atoms with E-state index in [0.29, 0.717) is 40.7 Å². The lowest BCUT2D eigenvalue weighted by Gasteiger charge is -2.18. The number of aliphatic hydroxyl groups is 1. The van der Waals surface area contributed by atoms with Crippen LogP contribution in [0.2, 0.25) is 0 Å². The molecule has 0 aliphatic rings. The molecule has 0 amide bonds. The van der Waals surface area contributed by atoms with Gasteiger partial charge in [0.05, 0.1) is 11.1 Å². The lowest BCUT2D eigenvalue weighted by molar-refractivity contribution is 0.223. The first-order chi connectivity index (χ1) is 20.7. The number of anilines is 3. The van der Waals surface area contributed by atoms with E-state index in [2.05, 4.69) is 44.5 Å². The minimum Gasteiger partial charge on any atom is -0.492 e. The summed E-state index contributed by atoms with van der Waals surface area (Å²) in [6, 6.07) is 17.0. The van der Waals surface area contributed by atoms with Gasteiger partial charge in [-0.2, -0.15) is 5.10 Å². The molecular formula is C31H39N9O3. The van der Waals surface area contributed by atoms with E-state index in [0.717, 1.165) is 42.4 Å². The number of benzene rings is 2. The van der Waals surface area contributed by atoms with Crippen molar-refractivity contribution in [3.8, 4) is 22.7 Å². The largest absolute Gasteiger partial charge is 0.492 e. The number of fused-ring (bicyclic) bond motifs is 1. The van der Waals surface area contributed by atoms with E-state index in [4.69, 9.17) is 20.1 Å². The molecule has 43 heavy (non-hydrogen) atoms. The van der Waals surface area contributed by atoms with Gasteiger partial charge in [-0.15, -0.1) is 0 Å². The fourth-order valence-electron chi connectivity index (χ4n) is 4.63. The Morgan fingerprint density at radius 1 is 1.02 bits per heavy atom. The van der Waals surface area contributed by atoms with Crippen LogP contribution < -0.4 is 21.1 Å². The Hall–Kier alpha value is -4.68. The molecule has 12 nitrogen and oxygen atoms in total. The smallest absolute Gasteiger partial charge is 0.204 e. The van der Waals surface area contributed by atoms with E-state index in [1.807, 2.05) is 69.3 Å². The number of aromatic nitrogens is 5. The number of nitrogens with two attached hydrogens (primary N) is 1. The molecule has 5 aromatic rings. The molecule has 0 aliphatic carbocycles. The summed E-state index contributed by atoms with van der Waals surface area (Å²) >= 11 is 0. The molecule has 0 radical (unpaired) electrons. The van der Waals surface area contributed by atoms with Crippen LogP contribution in [0.25, 0.3) is 28.0 Å². The minimum atomic E-state index is -1.09. The minimum absolute atomic E-state index is 0.184. The highest BCUT2D eigenvalue weighted by Gasteiger charge is 2.21. The lowest BCUT2D eigenvalue weighted by Crippen LogP contribution is -2.28. The summed E-state index contributed by atoms with van der Waals surface area (Å²) < 4.78 is 13.1. The Balaban J connectivity index is 1.32. The number of likely N-dealkylation sites (N-methyl/N-ethyl adjacent to an activating group) is 1. The first-order valence-electron chi connectivity index (χ1n) is 14.4. The Bertz CT molecular complexity index is 1640. The van der Waals surface area contributed by atoms with Crippen LogP contribution in [0, 0.1) is 0 Å². The van der Waals surface area contributed by atoms with Gasteiger partial charge in [0.1, 0.15) is 36.0 Å². The van der Waals surface area contributed by atoms with Gasteiger partial charge in [0, 0.05) is 29.3 Å². The maximum Gasteiger partial charge on any atom is 0.204 e. The molecule has 5 N–H and O–H groups in total. The van der Waals surface area contributed by atoms with E-state index >= 15 is 0 Å². The second kappa shape index (κ2) is 12.7. The topological polar surface area (TPSA) is 152 Å². The van der Waals surface area contributed by atoms with Crippen LogP contribution in [-0.4, -0.2) is 67.5 Å².